The number of ether oxygens (including phenoxy) is 1. The first kappa shape index (κ1) is 14.3. The smallest absolute Gasteiger partial charge is 0.0576 e. The summed E-state index contributed by atoms with van der Waals surface area (Å²) in [5.74, 6) is 0. The van der Waals surface area contributed by atoms with E-state index in [1.807, 2.05) is 0 Å². The van der Waals surface area contributed by atoms with Crippen molar-refractivity contribution in [2.75, 3.05) is 19.7 Å². The molecule has 106 valence electrons. The standard InChI is InChI=1S/C15H30N2O/c1-15(2,17-10-3-4-11-17)14(16)9-5-7-13-8-6-12-18-13/h13-14H,3-12,16H2,1-2H3. The monoisotopic (exact) mass is 254 g/mol. The molecule has 0 aromatic rings. The van der Waals surface area contributed by atoms with Gasteiger partial charge in [0.2, 0.25) is 0 Å². The Balaban J connectivity index is 1.70. The highest BCUT2D eigenvalue weighted by Gasteiger charge is 2.34. The SMILES string of the molecule is CC(C)(C(N)CCCC1CCCO1)N1CCCC1. The van der Waals surface area contributed by atoms with Crippen molar-refractivity contribution in [1.29, 1.82) is 0 Å². The minimum atomic E-state index is 0.160. The second-order valence-electron chi connectivity index (χ2n) is 6.52. The third-order valence-electron chi connectivity index (χ3n) is 4.89. The number of likely N-dealkylation sites (tertiary alicyclic amines) is 1. The van der Waals surface area contributed by atoms with E-state index in [1.54, 1.807) is 0 Å². The fourth-order valence-electron chi connectivity index (χ4n) is 3.32. The van der Waals surface area contributed by atoms with Crippen molar-refractivity contribution in [3.63, 3.8) is 0 Å². The Morgan fingerprint density at radius 2 is 2.00 bits per heavy atom. The third kappa shape index (κ3) is 3.46. The second-order valence-corrected chi connectivity index (χ2v) is 6.52. The van der Waals surface area contributed by atoms with E-state index in [1.165, 1.54) is 51.6 Å². The van der Waals surface area contributed by atoms with Gasteiger partial charge >= 0.3 is 0 Å². The molecule has 2 N–H and O–H groups in total. The normalized spacial score (nSPS) is 27.8. The maximum Gasteiger partial charge on any atom is 0.0576 e. The number of hydrogen-bond acceptors (Lipinski definition) is 3. The molecule has 0 radical (unpaired) electrons. The zero-order valence-corrected chi connectivity index (χ0v) is 12.2. The molecule has 2 rings (SSSR count). The zero-order valence-electron chi connectivity index (χ0n) is 12.2. The van der Waals surface area contributed by atoms with Crippen LogP contribution in [0.2, 0.25) is 0 Å². The third-order valence-corrected chi connectivity index (χ3v) is 4.89. The van der Waals surface area contributed by atoms with Gasteiger partial charge in [-0.05, 0) is 71.9 Å². The van der Waals surface area contributed by atoms with E-state index < -0.39 is 0 Å². The summed E-state index contributed by atoms with van der Waals surface area (Å²) in [5.41, 5.74) is 6.59. The Morgan fingerprint density at radius 3 is 2.61 bits per heavy atom. The molecular formula is C15H30N2O. The molecule has 2 unspecified atom stereocenters. The molecule has 0 amide bonds. The van der Waals surface area contributed by atoms with Crippen molar-refractivity contribution in [1.82, 2.24) is 4.90 Å². The van der Waals surface area contributed by atoms with Gasteiger partial charge in [-0.2, -0.15) is 0 Å². The van der Waals surface area contributed by atoms with Gasteiger partial charge in [-0.15, -0.1) is 0 Å². The van der Waals surface area contributed by atoms with Crippen LogP contribution in [0.5, 0.6) is 0 Å². The quantitative estimate of drug-likeness (QED) is 0.791. The summed E-state index contributed by atoms with van der Waals surface area (Å²) in [5, 5.41) is 0. The van der Waals surface area contributed by atoms with E-state index in [0.717, 1.165) is 13.0 Å². The van der Waals surface area contributed by atoms with E-state index >= 15 is 0 Å². The molecule has 0 aromatic heterocycles. The Kier molecular flexibility index (Phi) is 5.05. The summed E-state index contributed by atoms with van der Waals surface area (Å²) in [7, 11) is 0. The molecule has 2 fully saturated rings. The summed E-state index contributed by atoms with van der Waals surface area (Å²) in [6.45, 7) is 8.05. The highest BCUT2D eigenvalue weighted by molar-refractivity contribution is 4.93. The summed E-state index contributed by atoms with van der Waals surface area (Å²) in [6.07, 6.45) is 9.24. The average molecular weight is 254 g/mol. The van der Waals surface area contributed by atoms with Gasteiger partial charge in [0.05, 0.1) is 6.10 Å². The van der Waals surface area contributed by atoms with Gasteiger partial charge < -0.3 is 10.5 Å². The Labute approximate surface area is 112 Å². The van der Waals surface area contributed by atoms with Crippen molar-refractivity contribution in [2.45, 2.75) is 76.5 Å². The minimum absolute atomic E-state index is 0.160. The first-order chi connectivity index (χ1) is 8.60. The molecule has 0 bridgehead atoms. The zero-order chi connectivity index (χ0) is 13.0. The molecule has 0 saturated carbocycles. The van der Waals surface area contributed by atoms with Gasteiger partial charge in [0.25, 0.3) is 0 Å². The summed E-state index contributed by atoms with van der Waals surface area (Å²) >= 11 is 0. The lowest BCUT2D eigenvalue weighted by Crippen LogP contribution is -2.55. The van der Waals surface area contributed by atoms with Crippen LogP contribution in [0.25, 0.3) is 0 Å². The molecule has 3 nitrogen and oxygen atoms in total. The first-order valence-electron chi connectivity index (χ1n) is 7.73. The Hall–Kier alpha value is -0.120. The number of hydrogen-bond donors (Lipinski definition) is 1. The number of nitrogens with two attached hydrogens (primary N) is 1. The molecule has 2 saturated heterocycles. The summed E-state index contributed by atoms with van der Waals surface area (Å²) in [6, 6.07) is 0.289. The largest absolute Gasteiger partial charge is 0.378 e. The van der Waals surface area contributed by atoms with E-state index in [4.69, 9.17) is 10.5 Å². The molecule has 0 aromatic carbocycles. The summed E-state index contributed by atoms with van der Waals surface area (Å²) < 4.78 is 5.67. The first-order valence-corrected chi connectivity index (χ1v) is 7.73. The second kappa shape index (κ2) is 6.36. The molecule has 2 heterocycles. The lowest BCUT2D eigenvalue weighted by molar-refractivity contribution is 0.0931. The molecule has 0 aliphatic carbocycles. The molecule has 2 atom stereocenters. The van der Waals surface area contributed by atoms with E-state index in [-0.39, 0.29) is 11.6 Å². The molecular weight excluding hydrogens is 224 g/mol. The van der Waals surface area contributed by atoms with Crippen LogP contribution in [0.1, 0.15) is 58.8 Å². The lowest BCUT2D eigenvalue weighted by Gasteiger charge is -2.40. The van der Waals surface area contributed by atoms with Crippen molar-refractivity contribution < 1.29 is 4.74 Å². The fraction of sp³-hybridized carbons (Fsp3) is 1.00. The van der Waals surface area contributed by atoms with E-state index in [0.29, 0.717) is 6.10 Å². The maximum absolute atomic E-state index is 6.43. The average Bonchev–Trinajstić information content (AvgIpc) is 3.02. The molecule has 2 aliphatic heterocycles. The van der Waals surface area contributed by atoms with Crippen molar-refractivity contribution in [2.24, 2.45) is 5.73 Å². The van der Waals surface area contributed by atoms with Gasteiger partial charge in [-0.3, -0.25) is 4.90 Å². The highest BCUT2D eigenvalue weighted by atomic mass is 16.5. The van der Waals surface area contributed by atoms with Crippen LogP contribution in [0.15, 0.2) is 0 Å². The predicted molar refractivity (Wildman–Crippen MR) is 75.7 cm³/mol. The van der Waals surface area contributed by atoms with Gasteiger partial charge in [0.1, 0.15) is 0 Å². The van der Waals surface area contributed by atoms with Gasteiger partial charge in [0, 0.05) is 18.2 Å². The van der Waals surface area contributed by atoms with Gasteiger partial charge in [-0.1, -0.05) is 0 Å². The summed E-state index contributed by atoms with van der Waals surface area (Å²) in [4.78, 5) is 2.57. The van der Waals surface area contributed by atoms with E-state index in [9.17, 15) is 0 Å². The molecule has 3 heteroatoms. The van der Waals surface area contributed by atoms with Crippen molar-refractivity contribution in [3.8, 4) is 0 Å². The van der Waals surface area contributed by atoms with Crippen molar-refractivity contribution >= 4 is 0 Å². The lowest BCUT2D eigenvalue weighted by atomic mass is 9.89. The van der Waals surface area contributed by atoms with E-state index in [2.05, 4.69) is 18.7 Å². The Morgan fingerprint density at radius 1 is 1.28 bits per heavy atom. The number of rotatable bonds is 6. The van der Waals surface area contributed by atoms with Crippen LogP contribution in [0.4, 0.5) is 0 Å². The number of nitrogens with zero attached hydrogens (tertiary/aromatic N) is 1. The molecule has 18 heavy (non-hydrogen) atoms. The molecule has 2 aliphatic rings. The van der Waals surface area contributed by atoms with Crippen LogP contribution < -0.4 is 5.73 Å². The van der Waals surface area contributed by atoms with Gasteiger partial charge in [0.15, 0.2) is 0 Å². The van der Waals surface area contributed by atoms with Crippen LogP contribution in [-0.2, 0) is 4.74 Å². The molecule has 0 spiro atoms. The fourth-order valence-corrected chi connectivity index (χ4v) is 3.32. The Bertz CT molecular complexity index is 243. The predicted octanol–water partition coefficient (Wildman–Crippen LogP) is 2.54. The van der Waals surface area contributed by atoms with Gasteiger partial charge in [-0.25, -0.2) is 0 Å². The van der Waals surface area contributed by atoms with Crippen LogP contribution in [0.3, 0.4) is 0 Å². The van der Waals surface area contributed by atoms with Crippen LogP contribution in [-0.4, -0.2) is 42.3 Å². The topological polar surface area (TPSA) is 38.5 Å². The minimum Gasteiger partial charge on any atom is -0.378 e. The van der Waals surface area contributed by atoms with Crippen molar-refractivity contribution in [3.05, 3.63) is 0 Å². The van der Waals surface area contributed by atoms with Crippen LogP contribution >= 0.6 is 0 Å². The highest BCUT2D eigenvalue weighted by Crippen LogP contribution is 2.26. The maximum atomic E-state index is 6.43. The van der Waals surface area contributed by atoms with Crippen LogP contribution in [0, 0.1) is 0 Å².